The molecule has 1 atom stereocenters. The molecule has 1 fully saturated rings. The van der Waals surface area contributed by atoms with E-state index >= 15 is 0 Å². The number of piperazine rings is 1. The number of aryl methyl sites for hydroxylation is 1. The first-order chi connectivity index (χ1) is 9.24. The number of nitrogens with zero attached hydrogens (tertiary/aromatic N) is 1. The average Bonchev–Trinajstić information content (AvgIpc) is 2.40. The molecule has 0 saturated carbocycles. The molecule has 0 aromatic heterocycles. The maximum atomic E-state index is 3.65. The fourth-order valence-corrected chi connectivity index (χ4v) is 2.98. The number of rotatable bonds is 6. The van der Waals surface area contributed by atoms with E-state index in [1.165, 1.54) is 44.5 Å². The SMILES string of the molecule is CC(C)C[C@@H]1CN(CCCc2ccccc2)CCN1. The Hall–Kier alpha value is -0.860. The molecule has 0 bridgehead atoms. The Bertz CT molecular complexity index is 348. The molecular formula is C17H28N2. The van der Waals surface area contributed by atoms with Crippen LogP contribution in [0, 0.1) is 5.92 Å². The van der Waals surface area contributed by atoms with Gasteiger partial charge in [-0.2, -0.15) is 0 Å². The van der Waals surface area contributed by atoms with E-state index in [1.807, 2.05) is 0 Å². The Morgan fingerprint density at radius 1 is 1.26 bits per heavy atom. The summed E-state index contributed by atoms with van der Waals surface area (Å²) in [5, 5.41) is 3.65. The van der Waals surface area contributed by atoms with Gasteiger partial charge in [-0.3, -0.25) is 0 Å². The van der Waals surface area contributed by atoms with Crippen molar-refractivity contribution >= 4 is 0 Å². The molecule has 0 unspecified atom stereocenters. The molecule has 0 aliphatic carbocycles. The lowest BCUT2D eigenvalue weighted by atomic mass is 10.0. The Morgan fingerprint density at radius 3 is 2.79 bits per heavy atom. The van der Waals surface area contributed by atoms with Crippen molar-refractivity contribution in [3.63, 3.8) is 0 Å². The third-order valence-corrected chi connectivity index (χ3v) is 3.88. The summed E-state index contributed by atoms with van der Waals surface area (Å²) in [5.74, 6) is 0.793. The first-order valence-corrected chi connectivity index (χ1v) is 7.73. The predicted octanol–water partition coefficient (Wildman–Crippen LogP) is 2.94. The highest BCUT2D eigenvalue weighted by atomic mass is 15.2. The van der Waals surface area contributed by atoms with E-state index in [0.29, 0.717) is 6.04 Å². The highest BCUT2D eigenvalue weighted by Gasteiger charge is 2.19. The van der Waals surface area contributed by atoms with Crippen LogP contribution in [0.4, 0.5) is 0 Å². The quantitative estimate of drug-likeness (QED) is 0.846. The van der Waals surface area contributed by atoms with Gasteiger partial charge in [0.15, 0.2) is 0 Å². The Morgan fingerprint density at radius 2 is 2.05 bits per heavy atom. The molecule has 0 radical (unpaired) electrons. The van der Waals surface area contributed by atoms with E-state index in [1.54, 1.807) is 0 Å². The van der Waals surface area contributed by atoms with Crippen molar-refractivity contribution in [3.8, 4) is 0 Å². The average molecular weight is 260 g/mol. The molecule has 0 amide bonds. The molecule has 1 aromatic rings. The predicted molar refractivity (Wildman–Crippen MR) is 82.4 cm³/mol. The topological polar surface area (TPSA) is 15.3 Å². The van der Waals surface area contributed by atoms with Crippen molar-refractivity contribution in [1.29, 1.82) is 0 Å². The normalized spacial score (nSPS) is 20.9. The maximum Gasteiger partial charge on any atom is 0.0197 e. The summed E-state index contributed by atoms with van der Waals surface area (Å²) in [6.45, 7) is 9.47. The molecule has 2 heteroatoms. The van der Waals surface area contributed by atoms with Crippen LogP contribution >= 0.6 is 0 Å². The minimum Gasteiger partial charge on any atom is -0.311 e. The van der Waals surface area contributed by atoms with Gasteiger partial charge in [-0.15, -0.1) is 0 Å². The lowest BCUT2D eigenvalue weighted by Crippen LogP contribution is -2.51. The van der Waals surface area contributed by atoms with Gasteiger partial charge in [-0.1, -0.05) is 44.2 Å². The molecule has 2 rings (SSSR count). The lowest BCUT2D eigenvalue weighted by Gasteiger charge is -2.34. The van der Waals surface area contributed by atoms with Crippen LogP contribution in [0.15, 0.2) is 30.3 Å². The second-order valence-electron chi connectivity index (χ2n) is 6.17. The molecule has 1 heterocycles. The van der Waals surface area contributed by atoms with Crippen molar-refractivity contribution in [1.82, 2.24) is 10.2 Å². The van der Waals surface area contributed by atoms with E-state index in [0.717, 1.165) is 12.5 Å². The first-order valence-electron chi connectivity index (χ1n) is 7.73. The monoisotopic (exact) mass is 260 g/mol. The molecule has 0 spiro atoms. The number of hydrogen-bond donors (Lipinski definition) is 1. The molecular weight excluding hydrogens is 232 g/mol. The fraction of sp³-hybridized carbons (Fsp3) is 0.647. The number of benzene rings is 1. The third kappa shape index (κ3) is 5.33. The van der Waals surface area contributed by atoms with Crippen LogP contribution in [0.25, 0.3) is 0 Å². The molecule has 2 nitrogen and oxygen atoms in total. The van der Waals surface area contributed by atoms with E-state index in [9.17, 15) is 0 Å². The summed E-state index contributed by atoms with van der Waals surface area (Å²) in [4.78, 5) is 2.63. The Labute approximate surface area is 118 Å². The Balaban J connectivity index is 1.68. The van der Waals surface area contributed by atoms with Crippen molar-refractivity contribution in [2.24, 2.45) is 5.92 Å². The van der Waals surface area contributed by atoms with Crippen LogP contribution in [-0.2, 0) is 6.42 Å². The van der Waals surface area contributed by atoms with Gasteiger partial charge < -0.3 is 10.2 Å². The fourth-order valence-electron chi connectivity index (χ4n) is 2.98. The van der Waals surface area contributed by atoms with E-state index in [-0.39, 0.29) is 0 Å². The summed E-state index contributed by atoms with van der Waals surface area (Å²) in [7, 11) is 0. The van der Waals surface area contributed by atoms with E-state index < -0.39 is 0 Å². The van der Waals surface area contributed by atoms with Crippen molar-refractivity contribution < 1.29 is 0 Å². The van der Waals surface area contributed by atoms with E-state index in [4.69, 9.17) is 0 Å². The second kappa shape index (κ2) is 7.66. The van der Waals surface area contributed by atoms with Gasteiger partial charge in [0.25, 0.3) is 0 Å². The largest absolute Gasteiger partial charge is 0.311 e. The zero-order valence-corrected chi connectivity index (χ0v) is 12.4. The zero-order chi connectivity index (χ0) is 13.5. The van der Waals surface area contributed by atoms with Gasteiger partial charge in [-0.05, 0) is 37.3 Å². The minimum absolute atomic E-state index is 0.700. The van der Waals surface area contributed by atoms with Gasteiger partial charge in [0, 0.05) is 25.7 Å². The molecule has 1 saturated heterocycles. The summed E-state index contributed by atoms with van der Waals surface area (Å²) in [6.07, 6.45) is 3.78. The minimum atomic E-state index is 0.700. The standard InChI is InChI=1S/C17H28N2/c1-15(2)13-17-14-19(12-10-18-17)11-6-9-16-7-4-3-5-8-16/h3-5,7-8,15,17-18H,6,9-14H2,1-2H3/t17-/m1/s1. The second-order valence-corrected chi connectivity index (χ2v) is 6.17. The maximum absolute atomic E-state index is 3.65. The van der Waals surface area contributed by atoms with Crippen LogP contribution in [-0.4, -0.2) is 37.1 Å². The van der Waals surface area contributed by atoms with Crippen molar-refractivity contribution in [3.05, 3.63) is 35.9 Å². The van der Waals surface area contributed by atoms with Crippen molar-refractivity contribution in [2.75, 3.05) is 26.2 Å². The van der Waals surface area contributed by atoms with Crippen molar-refractivity contribution in [2.45, 2.75) is 39.2 Å². The third-order valence-electron chi connectivity index (χ3n) is 3.88. The molecule has 1 aromatic carbocycles. The summed E-state index contributed by atoms with van der Waals surface area (Å²) in [6, 6.07) is 11.5. The highest BCUT2D eigenvalue weighted by Crippen LogP contribution is 2.10. The van der Waals surface area contributed by atoms with Crippen LogP contribution in [0.3, 0.4) is 0 Å². The summed E-state index contributed by atoms with van der Waals surface area (Å²) < 4.78 is 0. The lowest BCUT2D eigenvalue weighted by molar-refractivity contribution is 0.185. The Kier molecular flexibility index (Phi) is 5.87. The first kappa shape index (κ1) is 14.5. The van der Waals surface area contributed by atoms with Gasteiger partial charge in [0.2, 0.25) is 0 Å². The van der Waals surface area contributed by atoms with Crippen LogP contribution in [0.5, 0.6) is 0 Å². The van der Waals surface area contributed by atoms with Crippen LogP contribution in [0.1, 0.15) is 32.3 Å². The molecule has 106 valence electrons. The molecule has 1 N–H and O–H groups in total. The van der Waals surface area contributed by atoms with Gasteiger partial charge in [0.1, 0.15) is 0 Å². The molecule has 1 aliphatic heterocycles. The summed E-state index contributed by atoms with van der Waals surface area (Å²) in [5.41, 5.74) is 1.47. The number of nitrogens with one attached hydrogen (secondary N) is 1. The number of hydrogen-bond acceptors (Lipinski definition) is 2. The molecule has 1 aliphatic rings. The molecule has 19 heavy (non-hydrogen) atoms. The van der Waals surface area contributed by atoms with Gasteiger partial charge in [-0.25, -0.2) is 0 Å². The van der Waals surface area contributed by atoms with Crippen LogP contribution < -0.4 is 5.32 Å². The summed E-state index contributed by atoms with van der Waals surface area (Å²) >= 11 is 0. The van der Waals surface area contributed by atoms with Crippen LogP contribution in [0.2, 0.25) is 0 Å². The zero-order valence-electron chi connectivity index (χ0n) is 12.4. The van der Waals surface area contributed by atoms with Gasteiger partial charge >= 0.3 is 0 Å². The highest BCUT2D eigenvalue weighted by molar-refractivity contribution is 5.14. The smallest absolute Gasteiger partial charge is 0.0197 e. The van der Waals surface area contributed by atoms with E-state index in [2.05, 4.69) is 54.4 Å². The van der Waals surface area contributed by atoms with Gasteiger partial charge in [0.05, 0.1) is 0 Å².